The van der Waals surface area contributed by atoms with E-state index in [1.807, 2.05) is 51.4 Å². The maximum Gasteiger partial charge on any atom is 0.277 e. The molecule has 0 unspecified atom stereocenters. The smallest absolute Gasteiger partial charge is 0.277 e. The fourth-order valence-corrected chi connectivity index (χ4v) is 5.37. The van der Waals surface area contributed by atoms with Gasteiger partial charge in [0.05, 0.1) is 23.4 Å². The van der Waals surface area contributed by atoms with Crippen LogP contribution >= 0.6 is 0 Å². The molecule has 12 heteroatoms. The fraction of sp³-hybridized carbons (Fsp3) is 0.161. The van der Waals surface area contributed by atoms with Crippen LogP contribution in [0.3, 0.4) is 0 Å². The van der Waals surface area contributed by atoms with E-state index in [0.717, 1.165) is 44.7 Å². The highest BCUT2D eigenvalue weighted by molar-refractivity contribution is 6.16. The number of carbonyl (C=O) groups is 2. The van der Waals surface area contributed by atoms with Crippen molar-refractivity contribution in [1.29, 1.82) is 0 Å². The molecule has 1 aliphatic heterocycles. The zero-order chi connectivity index (χ0) is 29.8. The van der Waals surface area contributed by atoms with Crippen LogP contribution in [0.15, 0.2) is 65.5 Å². The highest BCUT2D eigenvalue weighted by atomic mass is 16.3. The first-order valence-corrected chi connectivity index (χ1v) is 13.7. The SMILES string of the molecule is Cc1nc(C(=O)Nc2cccc3c2CN(c2cccc4c(-c5nc(Nc6cc(C)n(C)n6)ncc5C)c[nH]c24)C3=O)co1. The van der Waals surface area contributed by atoms with Gasteiger partial charge in [-0.15, -0.1) is 0 Å². The van der Waals surface area contributed by atoms with Crippen molar-refractivity contribution >= 4 is 45.9 Å². The lowest BCUT2D eigenvalue weighted by Crippen LogP contribution is -2.23. The van der Waals surface area contributed by atoms with Crippen LogP contribution in [0, 0.1) is 20.8 Å². The number of benzene rings is 2. The summed E-state index contributed by atoms with van der Waals surface area (Å²) >= 11 is 0. The molecule has 2 aromatic carbocycles. The summed E-state index contributed by atoms with van der Waals surface area (Å²) < 4.78 is 6.96. The second kappa shape index (κ2) is 9.94. The molecule has 1 aliphatic rings. The van der Waals surface area contributed by atoms with Gasteiger partial charge in [0.15, 0.2) is 17.4 Å². The number of aromatic nitrogens is 6. The molecule has 7 rings (SSSR count). The van der Waals surface area contributed by atoms with Gasteiger partial charge in [-0.25, -0.2) is 15.0 Å². The van der Waals surface area contributed by atoms with E-state index in [1.165, 1.54) is 6.26 Å². The summed E-state index contributed by atoms with van der Waals surface area (Å²) in [6.45, 7) is 5.90. The van der Waals surface area contributed by atoms with Gasteiger partial charge in [0.2, 0.25) is 5.95 Å². The molecule has 2 amide bonds. The lowest BCUT2D eigenvalue weighted by molar-refractivity contribution is 0.0994. The fourth-order valence-electron chi connectivity index (χ4n) is 5.37. The van der Waals surface area contributed by atoms with Gasteiger partial charge in [-0.2, -0.15) is 5.10 Å². The monoisotopic (exact) mass is 573 g/mol. The number of oxazole rings is 1. The number of carbonyl (C=O) groups excluding carboxylic acids is 2. The molecular weight excluding hydrogens is 546 g/mol. The zero-order valence-corrected chi connectivity index (χ0v) is 23.9. The number of nitrogens with one attached hydrogen (secondary N) is 3. The molecule has 0 radical (unpaired) electrons. The summed E-state index contributed by atoms with van der Waals surface area (Å²) in [5.41, 5.74) is 7.08. The number of nitrogens with zero attached hydrogens (tertiary/aromatic N) is 6. The molecule has 6 aromatic rings. The average molecular weight is 574 g/mol. The van der Waals surface area contributed by atoms with Crippen molar-refractivity contribution in [2.45, 2.75) is 27.3 Å². The topological polar surface area (TPSA) is 147 Å². The highest BCUT2D eigenvalue weighted by Crippen LogP contribution is 2.39. The Morgan fingerprint density at radius 2 is 1.91 bits per heavy atom. The van der Waals surface area contributed by atoms with Crippen LogP contribution in [-0.4, -0.2) is 41.5 Å². The Hall–Kier alpha value is -5.78. The summed E-state index contributed by atoms with van der Waals surface area (Å²) in [6.07, 6.45) is 4.99. The van der Waals surface area contributed by atoms with E-state index in [1.54, 1.807) is 40.9 Å². The summed E-state index contributed by atoms with van der Waals surface area (Å²) in [6, 6.07) is 13.1. The molecule has 3 N–H and O–H groups in total. The quantitative estimate of drug-likeness (QED) is 0.239. The Bertz CT molecular complexity index is 2050. The van der Waals surface area contributed by atoms with Gasteiger partial charge in [-0.3, -0.25) is 14.3 Å². The van der Waals surface area contributed by atoms with Crippen LogP contribution in [-0.2, 0) is 13.6 Å². The van der Waals surface area contributed by atoms with Crippen molar-refractivity contribution in [3.63, 3.8) is 0 Å². The number of fused-ring (bicyclic) bond motifs is 2. The second-order valence-corrected chi connectivity index (χ2v) is 10.5. The maximum absolute atomic E-state index is 13.7. The van der Waals surface area contributed by atoms with Crippen molar-refractivity contribution in [2.24, 2.45) is 7.05 Å². The lowest BCUT2D eigenvalue weighted by atomic mass is 10.1. The van der Waals surface area contributed by atoms with Crippen LogP contribution < -0.4 is 15.5 Å². The van der Waals surface area contributed by atoms with Crippen LogP contribution in [0.2, 0.25) is 0 Å². The Labute approximate surface area is 245 Å². The molecule has 0 aliphatic carbocycles. The van der Waals surface area contributed by atoms with Crippen LogP contribution in [0.1, 0.15) is 43.6 Å². The van der Waals surface area contributed by atoms with E-state index >= 15 is 0 Å². The predicted octanol–water partition coefficient (Wildman–Crippen LogP) is 5.43. The largest absolute Gasteiger partial charge is 0.448 e. The van der Waals surface area contributed by atoms with Crippen LogP contribution in [0.5, 0.6) is 0 Å². The van der Waals surface area contributed by atoms with Gasteiger partial charge < -0.3 is 24.9 Å². The molecule has 0 saturated carbocycles. The minimum Gasteiger partial charge on any atom is -0.448 e. The van der Waals surface area contributed by atoms with Crippen molar-refractivity contribution in [3.05, 3.63) is 95.1 Å². The van der Waals surface area contributed by atoms with E-state index in [4.69, 9.17) is 9.40 Å². The number of aromatic amines is 1. The molecule has 0 atom stereocenters. The third-order valence-corrected chi connectivity index (χ3v) is 7.63. The number of amides is 2. The van der Waals surface area contributed by atoms with Gasteiger partial charge in [0, 0.05) is 65.9 Å². The Morgan fingerprint density at radius 1 is 1.07 bits per heavy atom. The van der Waals surface area contributed by atoms with E-state index in [0.29, 0.717) is 35.5 Å². The molecule has 5 heterocycles. The lowest BCUT2D eigenvalue weighted by Gasteiger charge is -2.17. The summed E-state index contributed by atoms with van der Waals surface area (Å²) in [5.74, 6) is 0.942. The standard InChI is InChI=1S/C31H27N9O3/c1-16-12-33-31(36-26-11-17(2)39(4)38-26)37-27(16)21-13-32-28-19(21)7-6-10-25(28)40-14-22-20(30(40)42)8-5-9-23(22)35-29(41)24-15-43-18(3)34-24/h5-13,15,32H,14H2,1-4H3,(H,35,41)(H,33,36,37,38). The minimum atomic E-state index is -0.403. The van der Waals surface area contributed by atoms with Crippen LogP contribution in [0.25, 0.3) is 22.2 Å². The minimum absolute atomic E-state index is 0.151. The number of para-hydroxylation sites is 1. The first-order valence-electron chi connectivity index (χ1n) is 13.7. The maximum atomic E-state index is 13.7. The number of hydrogen-bond acceptors (Lipinski definition) is 8. The molecular formula is C31H27N9O3. The van der Waals surface area contributed by atoms with Gasteiger partial charge in [0.25, 0.3) is 11.8 Å². The van der Waals surface area contributed by atoms with Crippen molar-refractivity contribution in [3.8, 4) is 11.3 Å². The molecule has 43 heavy (non-hydrogen) atoms. The van der Waals surface area contributed by atoms with Gasteiger partial charge >= 0.3 is 0 Å². The predicted molar refractivity (Wildman–Crippen MR) is 161 cm³/mol. The highest BCUT2D eigenvalue weighted by Gasteiger charge is 2.32. The summed E-state index contributed by atoms with van der Waals surface area (Å²) in [4.78, 5) is 44.9. The number of hydrogen-bond donors (Lipinski definition) is 3. The molecule has 12 nitrogen and oxygen atoms in total. The van der Waals surface area contributed by atoms with Crippen molar-refractivity contribution < 1.29 is 14.0 Å². The number of H-pyrrole nitrogens is 1. The first-order chi connectivity index (χ1) is 20.8. The zero-order valence-electron chi connectivity index (χ0n) is 23.9. The summed E-state index contributed by atoms with van der Waals surface area (Å²) in [7, 11) is 1.88. The number of aryl methyl sites for hydroxylation is 4. The van der Waals surface area contributed by atoms with Crippen molar-refractivity contribution in [2.75, 3.05) is 15.5 Å². The molecule has 0 bridgehead atoms. The van der Waals surface area contributed by atoms with Gasteiger partial charge in [-0.05, 0) is 37.6 Å². The number of anilines is 4. The third kappa shape index (κ3) is 4.49. The molecule has 0 saturated heterocycles. The summed E-state index contributed by atoms with van der Waals surface area (Å²) in [5, 5.41) is 11.4. The van der Waals surface area contributed by atoms with Crippen LogP contribution in [0.4, 0.5) is 23.1 Å². The molecule has 0 spiro atoms. The average Bonchev–Trinajstić information content (AvgIpc) is 3.77. The van der Waals surface area contributed by atoms with Crippen molar-refractivity contribution in [1.82, 2.24) is 29.7 Å². The van der Waals surface area contributed by atoms with E-state index in [-0.39, 0.29) is 11.6 Å². The van der Waals surface area contributed by atoms with E-state index in [9.17, 15) is 9.59 Å². The van der Waals surface area contributed by atoms with E-state index in [2.05, 4.69) is 30.7 Å². The molecule has 4 aromatic heterocycles. The second-order valence-electron chi connectivity index (χ2n) is 10.5. The Balaban J connectivity index is 1.21. The van der Waals surface area contributed by atoms with Gasteiger partial charge in [-0.1, -0.05) is 18.2 Å². The molecule has 214 valence electrons. The molecule has 0 fully saturated rings. The number of rotatable bonds is 6. The van der Waals surface area contributed by atoms with Gasteiger partial charge in [0.1, 0.15) is 6.26 Å². The first kappa shape index (κ1) is 26.1. The third-order valence-electron chi connectivity index (χ3n) is 7.63. The Kier molecular flexibility index (Phi) is 6.04. The Morgan fingerprint density at radius 3 is 2.67 bits per heavy atom. The normalized spacial score (nSPS) is 12.7. The van der Waals surface area contributed by atoms with E-state index < -0.39 is 5.91 Å².